The van der Waals surface area contributed by atoms with Crippen molar-refractivity contribution < 1.29 is 24.9 Å². The van der Waals surface area contributed by atoms with Gasteiger partial charge in [-0.3, -0.25) is 0 Å². The van der Waals surface area contributed by atoms with Crippen molar-refractivity contribution in [1.29, 1.82) is 0 Å². The minimum atomic E-state index is -1.28. The van der Waals surface area contributed by atoms with Crippen LogP contribution in [-0.4, -0.2) is 64.6 Å². The summed E-state index contributed by atoms with van der Waals surface area (Å²) in [6.45, 7) is 0.338. The molecule has 7 heteroatoms. The monoisotopic (exact) mass is 246 g/mol. The maximum absolute atomic E-state index is 11.7. The summed E-state index contributed by atoms with van der Waals surface area (Å²) in [5.74, 6) is -1.22. The van der Waals surface area contributed by atoms with Gasteiger partial charge < -0.3 is 25.5 Å². The number of aliphatic hydroxyl groups excluding tert-OH is 2. The predicted molar refractivity (Wildman–Crippen MR) is 58.4 cm³/mol. The van der Waals surface area contributed by atoms with Gasteiger partial charge in [0.15, 0.2) is 6.04 Å². The number of hydrogen-bond acceptors (Lipinski definition) is 4. The first-order valence-electron chi connectivity index (χ1n) is 5.58. The number of piperidine rings is 1. The number of likely N-dealkylation sites (tertiary alicyclic amines) is 1. The van der Waals surface area contributed by atoms with Crippen molar-refractivity contribution in [3.8, 4) is 0 Å². The van der Waals surface area contributed by atoms with Crippen molar-refractivity contribution in [3.05, 3.63) is 0 Å². The maximum Gasteiger partial charge on any atom is 0.328 e. The van der Waals surface area contributed by atoms with Crippen molar-refractivity contribution in [3.63, 3.8) is 0 Å². The summed E-state index contributed by atoms with van der Waals surface area (Å²) < 4.78 is 0. The van der Waals surface area contributed by atoms with Crippen LogP contribution in [0.15, 0.2) is 0 Å². The van der Waals surface area contributed by atoms with Crippen molar-refractivity contribution in [2.45, 2.75) is 18.9 Å². The second-order valence-corrected chi connectivity index (χ2v) is 4.16. The van der Waals surface area contributed by atoms with Crippen LogP contribution < -0.4 is 5.32 Å². The van der Waals surface area contributed by atoms with Crippen LogP contribution in [0.4, 0.5) is 4.79 Å². The molecule has 0 aliphatic carbocycles. The number of carboxylic acid groups (broad SMARTS) is 1. The highest BCUT2D eigenvalue weighted by Gasteiger charge is 2.26. The number of aliphatic hydroxyl groups is 2. The molecule has 0 aromatic heterocycles. The zero-order chi connectivity index (χ0) is 12.8. The lowest BCUT2D eigenvalue weighted by atomic mass is 9.99. The van der Waals surface area contributed by atoms with E-state index in [4.69, 9.17) is 15.3 Å². The molecule has 1 unspecified atom stereocenters. The summed E-state index contributed by atoms with van der Waals surface area (Å²) in [4.78, 5) is 23.8. The quantitative estimate of drug-likeness (QED) is 0.500. The number of nitrogens with one attached hydrogen (secondary N) is 1. The number of carbonyl (C=O) groups is 2. The zero-order valence-corrected chi connectivity index (χ0v) is 9.50. The average molecular weight is 246 g/mol. The fourth-order valence-electron chi connectivity index (χ4n) is 1.82. The molecule has 7 nitrogen and oxygen atoms in total. The number of urea groups is 1. The van der Waals surface area contributed by atoms with Gasteiger partial charge >= 0.3 is 12.0 Å². The van der Waals surface area contributed by atoms with Crippen LogP contribution in [0.5, 0.6) is 0 Å². The van der Waals surface area contributed by atoms with Gasteiger partial charge in [0, 0.05) is 19.7 Å². The first-order chi connectivity index (χ1) is 8.08. The molecule has 1 fully saturated rings. The van der Waals surface area contributed by atoms with Gasteiger partial charge in [-0.2, -0.15) is 0 Å². The maximum atomic E-state index is 11.7. The lowest BCUT2D eigenvalue weighted by molar-refractivity contribution is -0.140. The summed E-state index contributed by atoms with van der Waals surface area (Å²) in [5, 5.41) is 28.7. The lowest BCUT2D eigenvalue weighted by Crippen LogP contribution is -2.52. The molecule has 0 aromatic carbocycles. The summed E-state index contributed by atoms with van der Waals surface area (Å²) in [7, 11) is 0. The molecule has 1 aliphatic rings. The normalized spacial score (nSPS) is 22.0. The first kappa shape index (κ1) is 13.7. The lowest BCUT2D eigenvalue weighted by Gasteiger charge is -2.32. The molecule has 0 spiro atoms. The highest BCUT2D eigenvalue weighted by Crippen LogP contribution is 2.15. The van der Waals surface area contributed by atoms with Crippen molar-refractivity contribution in [2.24, 2.45) is 5.92 Å². The van der Waals surface area contributed by atoms with Crippen LogP contribution in [0.25, 0.3) is 0 Å². The molecule has 1 rings (SSSR count). The smallest absolute Gasteiger partial charge is 0.328 e. The van der Waals surface area contributed by atoms with Gasteiger partial charge in [0.25, 0.3) is 0 Å². The Kier molecular flexibility index (Phi) is 5.17. The molecule has 98 valence electrons. The zero-order valence-electron chi connectivity index (χ0n) is 9.50. The minimum Gasteiger partial charge on any atom is -0.480 e. The standard InChI is InChI=1S/C10H18N2O5/c13-5-7-2-1-3-12(4-7)10(17)11-8(6-14)9(15)16/h7-8,13-14H,1-6H2,(H,11,17)(H,15,16)/t7?,8-/m1/s1. The third-order valence-electron chi connectivity index (χ3n) is 2.84. The number of aliphatic carboxylic acids is 1. The van der Waals surface area contributed by atoms with Crippen LogP contribution in [0.2, 0.25) is 0 Å². The SMILES string of the molecule is O=C(O)[C@@H](CO)NC(=O)N1CCCC(CO)C1. The number of amides is 2. The Labute approximate surface area is 99.0 Å². The predicted octanol–water partition coefficient (Wildman–Crippen LogP) is -1.15. The van der Waals surface area contributed by atoms with E-state index in [9.17, 15) is 9.59 Å². The van der Waals surface area contributed by atoms with Crippen molar-refractivity contribution in [1.82, 2.24) is 10.2 Å². The third-order valence-corrected chi connectivity index (χ3v) is 2.84. The van der Waals surface area contributed by atoms with Crippen molar-refractivity contribution in [2.75, 3.05) is 26.3 Å². The molecule has 2 atom stereocenters. The number of hydrogen-bond donors (Lipinski definition) is 4. The molecular weight excluding hydrogens is 228 g/mol. The van der Waals surface area contributed by atoms with E-state index in [0.29, 0.717) is 13.1 Å². The summed E-state index contributed by atoms with van der Waals surface area (Å²) in [6.07, 6.45) is 1.65. The van der Waals surface area contributed by atoms with E-state index in [1.807, 2.05) is 0 Å². The van der Waals surface area contributed by atoms with Crippen LogP contribution >= 0.6 is 0 Å². The largest absolute Gasteiger partial charge is 0.480 e. The third kappa shape index (κ3) is 3.86. The molecule has 0 bridgehead atoms. The fraction of sp³-hybridized carbons (Fsp3) is 0.800. The number of carbonyl (C=O) groups excluding carboxylic acids is 1. The minimum absolute atomic E-state index is 0.0200. The molecule has 4 N–H and O–H groups in total. The van der Waals surface area contributed by atoms with E-state index in [2.05, 4.69) is 5.32 Å². The van der Waals surface area contributed by atoms with Gasteiger partial charge in [-0.1, -0.05) is 0 Å². The molecule has 1 heterocycles. The second-order valence-electron chi connectivity index (χ2n) is 4.16. The molecule has 0 saturated carbocycles. The number of nitrogens with zero attached hydrogens (tertiary/aromatic N) is 1. The van der Waals surface area contributed by atoms with Crippen LogP contribution in [0.3, 0.4) is 0 Å². The Morgan fingerprint density at radius 3 is 2.65 bits per heavy atom. The van der Waals surface area contributed by atoms with Gasteiger partial charge in [-0.25, -0.2) is 9.59 Å². The summed E-state index contributed by atoms with van der Waals surface area (Å²) >= 11 is 0. The van der Waals surface area contributed by atoms with Gasteiger partial charge in [0.1, 0.15) is 0 Å². The van der Waals surface area contributed by atoms with Crippen molar-refractivity contribution >= 4 is 12.0 Å². The topological polar surface area (TPSA) is 110 Å². The van der Waals surface area contributed by atoms with Crippen LogP contribution in [-0.2, 0) is 4.79 Å². The van der Waals surface area contributed by atoms with Crippen LogP contribution in [0, 0.1) is 5.92 Å². The first-order valence-corrected chi connectivity index (χ1v) is 5.58. The summed E-state index contributed by atoms with van der Waals surface area (Å²) in [5.41, 5.74) is 0. The van der Waals surface area contributed by atoms with E-state index >= 15 is 0 Å². The summed E-state index contributed by atoms with van der Waals surface area (Å²) in [6, 6.07) is -1.79. The van der Waals surface area contributed by atoms with Gasteiger partial charge in [0.05, 0.1) is 6.61 Å². The highest BCUT2D eigenvalue weighted by molar-refractivity contribution is 5.82. The molecule has 0 radical (unpaired) electrons. The second kappa shape index (κ2) is 6.41. The van der Waals surface area contributed by atoms with Gasteiger partial charge in [-0.15, -0.1) is 0 Å². The van der Waals surface area contributed by atoms with E-state index in [1.54, 1.807) is 0 Å². The van der Waals surface area contributed by atoms with E-state index in [-0.39, 0.29) is 12.5 Å². The van der Waals surface area contributed by atoms with E-state index < -0.39 is 24.6 Å². The Bertz CT molecular complexity index is 284. The molecular formula is C10H18N2O5. The molecule has 2 amide bonds. The number of rotatable bonds is 4. The van der Waals surface area contributed by atoms with Crippen LogP contribution in [0.1, 0.15) is 12.8 Å². The Morgan fingerprint density at radius 1 is 1.41 bits per heavy atom. The Hall–Kier alpha value is -1.34. The van der Waals surface area contributed by atoms with E-state index in [0.717, 1.165) is 12.8 Å². The van der Waals surface area contributed by atoms with Gasteiger partial charge in [-0.05, 0) is 18.8 Å². The Balaban J connectivity index is 2.48. The molecule has 1 saturated heterocycles. The van der Waals surface area contributed by atoms with E-state index in [1.165, 1.54) is 4.90 Å². The average Bonchev–Trinajstić information content (AvgIpc) is 2.35. The molecule has 1 aliphatic heterocycles. The highest BCUT2D eigenvalue weighted by atomic mass is 16.4. The number of carboxylic acids is 1. The Morgan fingerprint density at radius 2 is 2.12 bits per heavy atom. The van der Waals surface area contributed by atoms with Gasteiger partial charge in [0.2, 0.25) is 0 Å². The molecule has 0 aromatic rings. The molecule has 17 heavy (non-hydrogen) atoms. The fourth-order valence-corrected chi connectivity index (χ4v) is 1.82.